The van der Waals surface area contributed by atoms with Crippen molar-refractivity contribution < 1.29 is 18.1 Å². The molecule has 0 amide bonds. The molecule has 0 aromatic carbocycles. The van der Waals surface area contributed by atoms with Crippen LogP contribution in [0.2, 0.25) is 0 Å². The van der Waals surface area contributed by atoms with Crippen molar-refractivity contribution in [2.75, 3.05) is 5.75 Å². The standard InChI is InChI=1S/C17H20BN3O4S/c1-2-5-26(23,24)21-17-8-16(9-17,10-17)12-6-18(22)25-13-7-20-15-11(14(12)13)3-4-19-15/h3-4,6-7,21-22H,2,5,8-10H2,1H3,(H,19,20). The molecule has 0 atom stereocenters. The van der Waals surface area contributed by atoms with Crippen molar-refractivity contribution in [1.82, 2.24) is 14.7 Å². The van der Waals surface area contributed by atoms with Crippen LogP contribution < -0.4 is 9.38 Å². The van der Waals surface area contributed by atoms with Gasteiger partial charge in [0, 0.05) is 28.1 Å². The van der Waals surface area contributed by atoms with Crippen LogP contribution in [0.3, 0.4) is 0 Å². The van der Waals surface area contributed by atoms with Crippen molar-refractivity contribution in [3.05, 3.63) is 30.0 Å². The minimum Gasteiger partial charge on any atom is -0.531 e. The van der Waals surface area contributed by atoms with E-state index in [0.717, 1.165) is 41.4 Å². The number of hydrogen-bond acceptors (Lipinski definition) is 5. The van der Waals surface area contributed by atoms with Crippen molar-refractivity contribution in [2.45, 2.75) is 38.1 Å². The average Bonchev–Trinajstić information content (AvgIpc) is 2.97. The highest BCUT2D eigenvalue weighted by molar-refractivity contribution is 7.89. The second-order valence-corrected chi connectivity index (χ2v) is 9.68. The Balaban J connectivity index is 1.48. The molecule has 2 aromatic rings. The molecule has 3 N–H and O–H groups in total. The van der Waals surface area contributed by atoms with Gasteiger partial charge in [-0.2, -0.15) is 0 Å². The van der Waals surface area contributed by atoms with Gasteiger partial charge < -0.3 is 14.7 Å². The van der Waals surface area contributed by atoms with Gasteiger partial charge >= 0.3 is 7.12 Å². The molecule has 2 aromatic heterocycles. The lowest BCUT2D eigenvalue weighted by atomic mass is 9.36. The van der Waals surface area contributed by atoms with Gasteiger partial charge in [0.25, 0.3) is 0 Å². The third kappa shape index (κ3) is 2.20. The van der Waals surface area contributed by atoms with Gasteiger partial charge in [-0.3, -0.25) is 0 Å². The SMILES string of the molecule is CCCS(=O)(=O)NC12CC(C3=CB(O)Oc4cnc5[nH]ccc5c43)(C1)C2. The maximum absolute atomic E-state index is 12.1. The molecule has 0 saturated heterocycles. The number of sulfonamides is 1. The lowest BCUT2D eigenvalue weighted by molar-refractivity contribution is -0.0924. The van der Waals surface area contributed by atoms with E-state index in [-0.39, 0.29) is 16.7 Å². The molecule has 0 unspecified atom stereocenters. The van der Waals surface area contributed by atoms with E-state index in [0.29, 0.717) is 12.2 Å². The molecular formula is C17H20BN3O4S. The van der Waals surface area contributed by atoms with Gasteiger partial charge in [0.05, 0.1) is 11.9 Å². The molecule has 3 aliphatic carbocycles. The Hall–Kier alpha value is -1.84. The molecule has 136 valence electrons. The van der Waals surface area contributed by atoms with E-state index in [1.807, 2.05) is 19.2 Å². The first-order chi connectivity index (χ1) is 12.4. The fraction of sp³-hybridized carbons (Fsp3) is 0.471. The number of nitrogens with one attached hydrogen (secondary N) is 2. The van der Waals surface area contributed by atoms with E-state index in [1.165, 1.54) is 0 Å². The van der Waals surface area contributed by atoms with Gasteiger partial charge in [-0.15, -0.1) is 0 Å². The van der Waals surface area contributed by atoms with Crippen LogP contribution in [0, 0.1) is 5.41 Å². The molecule has 1 aliphatic heterocycles. The molecule has 0 radical (unpaired) electrons. The van der Waals surface area contributed by atoms with Gasteiger partial charge in [-0.1, -0.05) is 6.92 Å². The maximum Gasteiger partial charge on any atom is 0.552 e. The second-order valence-electron chi connectivity index (χ2n) is 7.84. The predicted octanol–water partition coefficient (Wildman–Crippen LogP) is 1.61. The molecule has 3 fully saturated rings. The number of rotatable bonds is 5. The molecule has 26 heavy (non-hydrogen) atoms. The number of allylic oxidation sites excluding steroid dienone is 1. The van der Waals surface area contributed by atoms with Crippen molar-refractivity contribution in [3.63, 3.8) is 0 Å². The molecule has 3 heterocycles. The highest BCUT2D eigenvalue weighted by atomic mass is 32.2. The minimum absolute atomic E-state index is 0.0974. The predicted molar refractivity (Wildman–Crippen MR) is 98.9 cm³/mol. The summed E-state index contributed by atoms with van der Waals surface area (Å²) in [6, 6.07) is 1.96. The number of aromatic amines is 1. The Morgan fingerprint density at radius 3 is 2.92 bits per heavy atom. The fourth-order valence-electron chi connectivity index (χ4n) is 5.02. The summed E-state index contributed by atoms with van der Waals surface area (Å²) in [5.41, 5.74) is 2.38. The number of H-pyrrole nitrogens is 1. The van der Waals surface area contributed by atoms with E-state index in [9.17, 15) is 13.4 Å². The zero-order valence-corrected chi connectivity index (χ0v) is 15.3. The lowest BCUT2D eigenvalue weighted by Crippen LogP contribution is -2.75. The van der Waals surface area contributed by atoms with Gasteiger partial charge in [-0.05, 0) is 43.3 Å². The van der Waals surface area contributed by atoms with Gasteiger partial charge in [0.2, 0.25) is 10.0 Å². The molecule has 7 nitrogen and oxygen atoms in total. The summed E-state index contributed by atoms with van der Waals surface area (Å²) in [7, 11) is -4.23. The first-order valence-electron chi connectivity index (χ1n) is 8.91. The molecule has 2 bridgehead atoms. The van der Waals surface area contributed by atoms with Gasteiger partial charge in [-0.25, -0.2) is 18.1 Å². The summed E-state index contributed by atoms with van der Waals surface area (Å²) in [6.07, 6.45) is 6.36. The summed E-state index contributed by atoms with van der Waals surface area (Å²) < 4.78 is 32.7. The van der Waals surface area contributed by atoms with Crippen LogP contribution in [0.25, 0.3) is 16.6 Å². The van der Waals surface area contributed by atoms with E-state index < -0.39 is 17.1 Å². The number of fused-ring (bicyclic) bond motifs is 3. The zero-order chi connectivity index (χ0) is 18.2. The van der Waals surface area contributed by atoms with Crippen molar-refractivity contribution in [1.29, 1.82) is 0 Å². The summed E-state index contributed by atoms with van der Waals surface area (Å²) in [4.78, 5) is 7.44. The van der Waals surface area contributed by atoms with Gasteiger partial charge in [0.15, 0.2) is 0 Å². The largest absolute Gasteiger partial charge is 0.552 e. The highest BCUT2D eigenvalue weighted by Gasteiger charge is 2.70. The quantitative estimate of drug-likeness (QED) is 0.691. The summed E-state index contributed by atoms with van der Waals surface area (Å²) in [5, 5.41) is 11.1. The van der Waals surface area contributed by atoms with E-state index >= 15 is 0 Å². The zero-order valence-electron chi connectivity index (χ0n) is 14.4. The molecule has 0 spiro atoms. The van der Waals surface area contributed by atoms with E-state index in [2.05, 4.69) is 14.7 Å². The smallest absolute Gasteiger partial charge is 0.531 e. The Bertz CT molecular complexity index is 1030. The van der Waals surface area contributed by atoms with E-state index in [1.54, 1.807) is 12.2 Å². The first kappa shape index (κ1) is 16.3. The van der Waals surface area contributed by atoms with Crippen LogP contribution in [-0.2, 0) is 10.0 Å². The van der Waals surface area contributed by atoms with Crippen LogP contribution in [0.4, 0.5) is 0 Å². The Morgan fingerprint density at radius 1 is 1.42 bits per heavy atom. The monoisotopic (exact) mass is 373 g/mol. The molecule has 9 heteroatoms. The first-order valence-corrected chi connectivity index (χ1v) is 10.6. The van der Waals surface area contributed by atoms with Gasteiger partial charge in [0.1, 0.15) is 11.4 Å². The summed E-state index contributed by atoms with van der Waals surface area (Å²) >= 11 is 0. The van der Waals surface area contributed by atoms with E-state index in [4.69, 9.17) is 4.65 Å². The number of aromatic nitrogens is 2. The fourth-order valence-corrected chi connectivity index (χ4v) is 6.54. The van der Waals surface area contributed by atoms with Crippen LogP contribution in [-0.4, -0.2) is 41.8 Å². The van der Waals surface area contributed by atoms with Crippen molar-refractivity contribution in [3.8, 4) is 5.75 Å². The Morgan fingerprint density at radius 2 is 2.19 bits per heavy atom. The topological polar surface area (TPSA) is 104 Å². The summed E-state index contributed by atoms with van der Waals surface area (Å²) in [6.45, 7) is 1.87. The van der Waals surface area contributed by atoms with Crippen LogP contribution in [0.15, 0.2) is 24.4 Å². The molecule has 6 rings (SSSR count). The molecular weight excluding hydrogens is 353 g/mol. The Kier molecular flexibility index (Phi) is 3.22. The van der Waals surface area contributed by atoms with Crippen molar-refractivity contribution >= 4 is 33.7 Å². The highest BCUT2D eigenvalue weighted by Crippen LogP contribution is 2.73. The number of hydrogen-bond donors (Lipinski definition) is 3. The molecule has 4 aliphatic rings. The average molecular weight is 373 g/mol. The lowest BCUT2D eigenvalue weighted by Gasteiger charge is -2.71. The number of nitrogens with zero attached hydrogens (tertiary/aromatic N) is 1. The third-order valence-corrected chi connectivity index (χ3v) is 7.51. The number of pyridine rings is 1. The third-order valence-electron chi connectivity index (χ3n) is 5.82. The van der Waals surface area contributed by atoms with Crippen LogP contribution in [0.5, 0.6) is 5.75 Å². The summed E-state index contributed by atoms with van der Waals surface area (Å²) in [5.74, 6) is 2.50. The maximum atomic E-state index is 12.1. The minimum atomic E-state index is -3.23. The van der Waals surface area contributed by atoms with Crippen LogP contribution in [0.1, 0.15) is 38.2 Å². The Labute approximate surface area is 152 Å². The molecule has 3 saturated carbocycles. The van der Waals surface area contributed by atoms with Crippen LogP contribution >= 0.6 is 0 Å². The second kappa shape index (κ2) is 5.12. The normalized spacial score (nSPS) is 29.5. The van der Waals surface area contributed by atoms with Crippen molar-refractivity contribution in [2.24, 2.45) is 5.41 Å².